The van der Waals surface area contributed by atoms with Crippen LogP contribution in [0, 0.1) is 0 Å². The number of allylic oxidation sites excluding steroid dienone is 2. The monoisotopic (exact) mass is 276 g/mol. The predicted molar refractivity (Wildman–Crippen MR) is 76.4 cm³/mol. The standard InChI is InChI=1S/C16H20O4/c1-4-20-15(19)16(14(17)18,11-10-12(2)3)13-8-6-5-7-9-13/h5-10H,4,11H2,1-3H3,(H,17,18). The highest BCUT2D eigenvalue weighted by molar-refractivity contribution is 6.05. The Morgan fingerprint density at radius 2 is 1.85 bits per heavy atom. The molecule has 0 aromatic heterocycles. The molecule has 0 spiro atoms. The Kier molecular flexibility index (Phi) is 5.50. The quantitative estimate of drug-likeness (QED) is 0.493. The number of carboxylic acid groups (broad SMARTS) is 1. The number of aliphatic carboxylic acids is 1. The van der Waals surface area contributed by atoms with Crippen LogP contribution < -0.4 is 0 Å². The molecule has 1 aromatic carbocycles. The lowest BCUT2D eigenvalue weighted by Gasteiger charge is -2.26. The minimum Gasteiger partial charge on any atom is -0.480 e. The van der Waals surface area contributed by atoms with Crippen molar-refractivity contribution in [3.63, 3.8) is 0 Å². The lowest BCUT2D eigenvalue weighted by molar-refractivity contribution is -0.161. The first-order valence-electron chi connectivity index (χ1n) is 6.54. The highest BCUT2D eigenvalue weighted by atomic mass is 16.5. The Morgan fingerprint density at radius 3 is 2.30 bits per heavy atom. The van der Waals surface area contributed by atoms with Gasteiger partial charge in [0.25, 0.3) is 0 Å². The maximum atomic E-state index is 12.3. The SMILES string of the molecule is CCOC(=O)C(CC=C(C)C)(C(=O)O)c1ccccc1. The normalized spacial score (nSPS) is 13.2. The first-order chi connectivity index (χ1) is 9.45. The summed E-state index contributed by atoms with van der Waals surface area (Å²) >= 11 is 0. The van der Waals surface area contributed by atoms with Gasteiger partial charge in [-0.05, 0) is 32.8 Å². The second-order valence-electron chi connectivity index (χ2n) is 4.78. The van der Waals surface area contributed by atoms with Gasteiger partial charge in [0, 0.05) is 0 Å². The van der Waals surface area contributed by atoms with Crippen molar-refractivity contribution in [2.75, 3.05) is 6.61 Å². The van der Waals surface area contributed by atoms with Crippen molar-refractivity contribution in [2.45, 2.75) is 32.6 Å². The molecule has 108 valence electrons. The van der Waals surface area contributed by atoms with E-state index in [-0.39, 0.29) is 13.0 Å². The molecule has 0 aliphatic carbocycles. The van der Waals surface area contributed by atoms with Crippen LogP contribution in [0.2, 0.25) is 0 Å². The Hall–Kier alpha value is -2.10. The lowest BCUT2D eigenvalue weighted by Crippen LogP contribution is -2.44. The molecule has 1 rings (SSSR count). The first kappa shape index (κ1) is 16.0. The summed E-state index contributed by atoms with van der Waals surface area (Å²) in [7, 11) is 0. The van der Waals surface area contributed by atoms with Gasteiger partial charge in [0.1, 0.15) is 0 Å². The van der Waals surface area contributed by atoms with Gasteiger partial charge in [-0.1, -0.05) is 42.0 Å². The zero-order valence-electron chi connectivity index (χ0n) is 12.1. The predicted octanol–water partition coefficient (Wildman–Crippen LogP) is 2.93. The minimum absolute atomic E-state index is 0.0769. The second-order valence-corrected chi connectivity index (χ2v) is 4.78. The van der Waals surface area contributed by atoms with Gasteiger partial charge in [-0.15, -0.1) is 0 Å². The van der Waals surface area contributed by atoms with Gasteiger partial charge in [-0.2, -0.15) is 0 Å². The van der Waals surface area contributed by atoms with E-state index in [1.165, 1.54) is 0 Å². The molecule has 1 N–H and O–H groups in total. The van der Waals surface area contributed by atoms with Crippen LogP contribution in [0.3, 0.4) is 0 Å². The summed E-state index contributed by atoms with van der Waals surface area (Å²) in [6.07, 6.45) is 1.82. The van der Waals surface area contributed by atoms with Crippen molar-refractivity contribution in [3.8, 4) is 0 Å². The van der Waals surface area contributed by atoms with Crippen molar-refractivity contribution < 1.29 is 19.4 Å². The Bertz CT molecular complexity index is 500. The summed E-state index contributed by atoms with van der Waals surface area (Å²) in [6.45, 7) is 5.54. The van der Waals surface area contributed by atoms with Crippen LogP contribution in [0.5, 0.6) is 0 Å². The van der Waals surface area contributed by atoms with Crippen LogP contribution in [-0.2, 0) is 19.7 Å². The minimum atomic E-state index is -1.69. The van der Waals surface area contributed by atoms with Crippen molar-refractivity contribution >= 4 is 11.9 Å². The molecule has 4 nitrogen and oxygen atoms in total. The van der Waals surface area contributed by atoms with E-state index in [2.05, 4.69) is 0 Å². The summed E-state index contributed by atoms with van der Waals surface area (Å²) in [4.78, 5) is 24.1. The van der Waals surface area contributed by atoms with E-state index in [1.54, 1.807) is 43.3 Å². The summed E-state index contributed by atoms with van der Waals surface area (Å²) < 4.78 is 5.01. The Morgan fingerprint density at radius 1 is 1.25 bits per heavy atom. The van der Waals surface area contributed by atoms with E-state index in [9.17, 15) is 14.7 Å². The van der Waals surface area contributed by atoms with E-state index < -0.39 is 17.4 Å². The van der Waals surface area contributed by atoms with Gasteiger partial charge in [0.05, 0.1) is 6.61 Å². The van der Waals surface area contributed by atoms with Crippen molar-refractivity contribution in [2.24, 2.45) is 0 Å². The Balaban J connectivity index is 3.38. The summed E-state index contributed by atoms with van der Waals surface area (Å²) in [5.41, 5.74) is -0.298. The molecule has 0 radical (unpaired) electrons. The van der Waals surface area contributed by atoms with E-state index in [1.807, 2.05) is 13.8 Å². The van der Waals surface area contributed by atoms with Gasteiger partial charge in [0.15, 0.2) is 5.41 Å². The van der Waals surface area contributed by atoms with Gasteiger partial charge < -0.3 is 9.84 Å². The molecule has 1 aromatic rings. The molecule has 0 heterocycles. The number of hydrogen-bond donors (Lipinski definition) is 1. The average Bonchev–Trinajstić information content (AvgIpc) is 2.40. The van der Waals surface area contributed by atoms with Crippen LogP contribution in [0.4, 0.5) is 0 Å². The second kappa shape index (κ2) is 6.89. The number of carboxylic acids is 1. The van der Waals surface area contributed by atoms with Crippen LogP contribution in [0.1, 0.15) is 32.8 Å². The van der Waals surface area contributed by atoms with Gasteiger partial charge >= 0.3 is 11.9 Å². The maximum Gasteiger partial charge on any atom is 0.328 e. The molecule has 0 aliphatic rings. The first-order valence-corrected chi connectivity index (χ1v) is 6.54. The molecule has 0 saturated heterocycles. The highest BCUT2D eigenvalue weighted by Crippen LogP contribution is 2.31. The molecule has 0 saturated carbocycles. The molecule has 4 heteroatoms. The number of hydrogen-bond acceptors (Lipinski definition) is 3. The maximum absolute atomic E-state index is 12.3. The smallest absolute Gasteiger partial charge is 0.328 e. The summed E-state index contributed by atoms with van der Waals surface area (Å²) in [5, 5.41) is 9.66. The van der Waals surface area contributed by atoms with Crippen LogP contribution >= 0.6 is 0 Å². The third-order valence-corrected chi connectivity index (χ3v) is 3.07. The summed E-state index contributed by atoms with van der Waals surface area (Å²) in [6, 6.07) is 8.50. The van der Waals surface area contributed by atoms with Gasteiger partial charge in [-0.3, -0.25) is 9.59 Å². The molecule has 20 heavy (non-hydrogen) atoms. The third kappa shape index (κ3) is 3.26. The molecular formula is C16H20O4. The topological polar surface area (TPSA) is 63.6 Å². The van der Waals surface area contributed by atoms with Crippen molar-refractivity contribution in [1.82, 2.24) is 0 Å². The molecule has 1 unspecified atom stereocenters. The lowest BCUT2D eigenvalue weighted by atomic mass is 9.77. The number of esters is 1. The average molecular weight is 276 g/mol. The molecule has 0 amide bonds. The van der Waals surface area contributed by atoms with E-state index >= 15 is 0 Å². The third-order valence-electron chi connectivity index (χ3n) is 3.07. The van der Waals surface area contributed by atoms with E-state index in [0.717, 1.165) is 5.57 Å². The number of carbonyl (C=O) groups excluding carboxylic acids is 1. The number of ether oxygens (including phenoxy) is 1. The zero-order chi connectivity index (χ0) is 15.2. The molecule has 1 atom stereocenters. The van der Waals surface area contributed by atoms with Crippen molar-refractivity contribution in [1.29, 1.82) is 0 Å². The number of benzene rings is 1. The fraction of sp³-hybridized carbons (Fsp3) is 0.375. The van der Waals surface area contributed by atoms with Gasteiger partial charge in [-0.25, -0.2) is 0 Å². The fourth-order valence-corrected chi connectivity index (χ4v) is 1.95. The zero-order valence-corrected chi connectivity index (χ0v) is 12.1. The molecule has 0 aliphatic heterocycles. The molecular weight excluding hydrogens is 256 g/mol. The van der Waals surface area contributed by atoms with E-state index in [4.69, 9.17) is 4.74 Å². The van der Waals surface area contributed by atoms with Crippen LogP contribution in [0.25, 0.3) is 0 Å². The number of carbonyl (C=O) groups is 2. The van der Waals surface area contributed by atoms with Crippen LogP contribution in [-0.4, -0.2) is 23.7 Å². The summed E-state index contributed by atoms with van der Waals surface area (Å²) in [5.74, 6) is -1.92. The van der Waals surface area contributed by atoms with Crippen LogP contribution in [0.15, 0.2) is 42.0 Å². The molecule has 0 bridgehead atoms. The van der Waals surface area contributed by atoms with Crippen molar-refractivity contribution in [3.05, 3.63) is 47.5 Å². The highest BCUT2D eigenvalue weighted by Gasteiger charge is 2.48. The molecule has 0 fully saturated rings. The fourth-order valence-electron chi connectivity index (χ4n) is 1.95. The van der Waals surface area contributed by atoms with E-state index in [0.29, 0.717) is 5.56 Å². The number of rotatable bonds is 6. The largest absolute Gasteiger partial charge is 0.480 e. The Labute approximate surface area is 119 Å². The van der Waals surface area contributed by atoms with Gasteiger partial charge in [0.2, 0.25) is 0 Å².